The van der Waals surface area contributed by atoms with E-state index in [0.717, 1.165) is 0 Å². The van der Waals surface area contributed by atoms with Crippen LogP contribution < -0.4 is 5.32 Å². The lowest BCUT2D eigenvalue weighted by molar-refractivity contribution is -0.155. The second-order valence-corrected chi connectivity index (χ2v) is 4.88. The summed E-state index contributed by atoms with van der Waals surface area (Å²) in [6.45, 7) is 11.8. The highest BCUT2D eigenvalue weighted by Gasteiger charge is 2.15. The van der Waals surface area contributed by atoms with E-state index >= 15 is 0 Å². The summed E-state index contributed by atoms with van der Waals surface area (Å²) in [5.41, 5.74) is -0.420. The minimum absolute atomic E-state index is 0.195. The maximum Gasteiger partial charge on any atom is 0.307 e. The molecule has 0 unspecified atom stereocenters. The van der Waals surface area contributed by atoms with Gasteiger partial charge in [-0.15, -0.1) is 0 Å². The van der Waals surface area contributed by atoms with Gasteiger partial charge in [0.15, 0.2) is 6.29 Å². The number of carbonyl (C=O) groups is 1. The summed E-state index contributed by atoms with van der Waals surface area (Å²) < 4.78 is 15.9. The molecule has 0 radical (unpaired) electrons. The third-order valence-corrected chi connectivity index (χ3v) is 1.94. The molecule has 0 aromatic rings. The number of ether oxygens (including phenoxy) is 3. The molecule has 0 fully saturated rings. The van der Waals surface area contributed by atoms with E-state index in [4.69, 9.17) is 14.2 Å². The molecule has 0 rings (SSSR count). The Kier molecular flexibility index (Phi) is 8.97. The highest BCUT2D eigenvalue weighted by atomic mass is 16.7. The summed E-state index contributed by atoms with van der Waals surface area (Å²) in [6.07, 6.45) is 0.0982. The van der Waals surface area contributed by atoms with Gasteiger partial charge in [0.1, 0.15) is 5.60 Å². The van der Waals surface area contributed by atoms with Gasteiger partial charge in [-0.05, 0) is 34.6 Å². The van der Waals surface area contributed by atoms with E-state index in [1.54, 1.807) is 0 Å². The van der Waals surface area contributed by atoms with Crippen LogP contribution in [0.2, 0.25) is 0 Å². The first-order chi connectivity index (χ1) is 8.39. The standard InChI is InChI=1S/C13H27NO4/c1-6-16-12(17-7-2)10-14-9-8-11(15)18-13(3,4)5/h12,14H,6-10H2,1-5H3. The lowest BCUT2D eigenvalue weighted by atomic mass is 10.2. The molecule has 0 amide bonds. The second-order valence-electron chi connectivity index (χ2n) is 4.88. The van der Waals surface area contributed by atoms with Crippen molar-refractivity contribution in [1.29, 1.82) is 0 Å². The summed E-state index contributed by atoms with van der Waals surface area (Å²) in [7, 11) is 0. The van der Waals surface area contributed by atoms with E-state index in [1.165, 1.54) is 0 Å². The molecule has 1 N–H and O–H groups in total. The molecule has 5 nitrogen and oxygen atoms in total. The van der Waals surface area contributed by atoms with Crippen molar-refractivity contribution < 1.29 is 19.0 Å². The first-order valence-corrected chi connectivity index (χ1v) is 6.54. The van der Waals surface area contributed by atoms with Crippen LogP contribution >= 0.6 is 0 Å². The topological polar surface area (TPSA) is 56.8 Å². The Bertz CT molecular complexity index is 220. The van der Waals surface area contributed by atoms with Crippen LogP contribution in [0.1, 0.15) is 41.0 Å². The molecule has 0 saturated carbocycles. The average molecular weight is 261 g/mol. The van der Waals surface area contributed by atoms with Crippen molar-refractivity contribution in [3.05, 3.63) is 0 Å². The van der Waals surface area contributed by atoms with Gasteiger partial charge in [-0.3, -0.25) is 4.79 Å². The molecule has 0 saturated heterocycles. The predicted octanol–water partition coefficient (Wildman–Crippen LogP) is 1.71. The summed E-state index contributed by atoms with van der Waals surface area (Å²) >= 11 is 0. The van der Waals surface area contributed by atoms with Crippen LogP contribution in [0.3, 0.4) is 0 Å². The Hall–Kier alpha value is -0.650. The molecule has 0 aliphatic carbocycles. The minimum atomic E-state index is -0.420. The lowest BCUT2D eigenvalue weighted by Crippen LogP contribution is -2.33. The molecule has 5 heteroatoms. The van der Waals surface area contributed by atoms with Gasteiger partial charge in [0.25, 0.3) is 0 Å². The van der Waals surface area contributed by atoms with Crippen molar-refractivity contribution in [2.24, 2.45) is 0 Å². The van der Waals surface area contributed by atoms with Crippen LogP contribution in [0.25, 0.3) is 0 Å². The van der Waals surface area contributed by atoms with E-state index < -0.39 is 5.60 Å². The zero-order valence-electron chi connectivity index (χ0n) is 12.2. The monoisotopic (exact) mass is 261 g/mol. The molecule has 0 atom stereocenters. The largest absolute Gasteiger partial charge is 0.460 e. The van der Waals surface area contributed by atoms with Gasteiger partial charge in [-0.25, -0.2) is 0 Å². The zero-order valence-corrected chi connectivity index (χ0v) is 12.2. The van der Waals surface area contributed by atoms with Crippen LogP contribution in [0, 0.1) is 0 Å². The molecule has 0 aromatic carbocycles. The van der Waals surface area contributed by atoms with Crippen LogP contribution in [0.4, 0.5) is 0 Å². The van der Waals surface area contributed by atoms with E-state index in [-0.39, 0.29) is 12.3 Å². The molecule has 0 heterocycles. The Morgan fingerprint density at radius 1 is 1.17 bits per heavy atom. The van der Waals surface area contributed by atoms with Crippen molar-refractivity contribution in [3.8, 4) is 0 Å². The highest BCUT2D eigenvalue weighted by molar-refractivity contribution is 5.70. The van der Waals surface area contributed by atoms with E-state index in [0.29, 0.717) is 32.7 Å². The molecular weight excluding hydrogens is 234 g/mol. The number of esters is 1. The van der Waals surface area contributed by atoms with Crippen molar-refractivity contribution >= 4 is 5.97 Å². The number of nitrogens with one attached hydrogen (secondary N) is 1. The molecular formula is C13H27NO4. The Morgan fingerprint density at radius 3 is 2.17 bits per heavy atom. The molecule has 18 heavy (non-hydrogen) atoms. The van der Waals surface area contributed by atoms with E-state index in [9.17, 15) is 4.79 Å². The third kappa shape index (κ3) is 10.5. The number of carbonyl (C=O) groups excluding carboxylic acids is 1. The lowest BCUT2D eigenvalue weighted by Gasteiger charge is -2.20. The molecule has 0 aliphatic heterocycles. The van der Waals surface area contributed by atoms with Crippen LogP contribution in [0.5, 0.6) is 0 Å². The smallest absolute Gasteiger partial charge is 0.307 e. The van der Waals surface area contributed by atoms with Gasteiger partial charge in [-0.1, -0.05) is 0 Å². The first kappa shape index (κ1) is 17.4. The van der Waals surface area contributed by atoms with Gasteiger partial charge < -0.3 is 19.5 Å². The normalized spacial score (nSPS) is 11.9. The number of hydrogen-bond acceptors (Lipinski definition) is 5. The second kappa shape index (κ2) is 9.30. The van der Waals surface area contributed by atoms with Crippen LogP contribution in [-0.2, 0) is 19.0 Å². The highest BCUT2D eigenvalue weighted by Crippen LogP contribution is 2.07. The first-order valence-electron chi connectivity index (χ1n) is 6.54. The van der Waals surface area contributed by atoms with Crippen molar-refractivity contribution in [2.45, 2.75) is 52.9 Å². The van der Waals surface area contributed by atoms with Crippen LogP contribution in [-0.4, -0.2) is 44.2 Å². The Morgan fingerprint density at radius 2 is 1.72 bits per heavy atom. The molecule has 0 aromatic heterocycles. The van der Waals surface area contributed by atoms with Gasteiger partial charge in [0.05, 0.1) is 6.42 Å². The quantitative estimate of drug-likeness (QED) is 0.389. The molecule has 0 aliphatic rings. The number of hydrogen-bond donors (Lipinski definition) is 1. The molecule has 0 bridgehead atoms. The van der Waals surface area contributed by atoms with Crippen molar-refractivity contribution in [1.82, 2.24) is 5.32 Å². The summed E-state index contributed by atoms with van der Waals surface area (Å²) in [4.78, 5) is 11.4. The fourth-order valence-corrected chi connectivity index (χ4v) is 1.34. The van der Waals surface area contributed by atoms with Crippen molar-refractivity contribution in [3.63, 3.8) is 0 Å². The fourth-order valence-electron chi connectivity index (χ4n) is 1.34. The third-order valence-electron chi connectivity index (χ3n) is 1.94. The fraction of sp³-hybridized carbons (Fsp3) is 0.923. The number of rotatable bonds is 9. The minimum Gasteiger partial charge on any atom is -0.460 e. The van der Waals surface area contributed by atoms with Gasteiger partial charge in [0.2, 0.25) is 0 Å². The maximum atomic E-state index is 11.4. The zero-order chi connectivity index (χ0) is 14.0. The Labute approximate surface area is 110 Å². The van der Waals surface area contributed by atoms with Crippen molar-refractivity contribution in [2.75, 3.05) is 26.3 Å². The van der Waals surface area contributed by atoms with Gasteiger partial charge in [-0.2, -0.15) is 0 Å². The average Bonchev–Trinajstić information content (AvgIpc) is 2.22. The van der Waals surface area contributed by atoms with Gasteiger partial charge >= 0.3 is 5.97 Å². The maximum absolute atomic E-state index is 11.4. The SMILES string of the molecule is CCOC(CNCCC(=O)OC(C)(C)C)OCC. The molecule has 108 valence electrons. The van der Waals surface area contributed by atoms with E-state index in [2.05, 4.69) is 5.32 Å². The summed E-state index contributed by atoms with van der Waals surface area (Å²) in [5.74, 6) is -0.195. The van der Waals surface area contributed by atoms with Gasteiger partial charge in [0, 0.05) is 26.3 Å². The van der Waals surface area contributed by atoms with Crippen LogP contribution in [0.15, 0.2) is 0 Å². The van der Waals surface area contributed by atoms with E-state index in [1.807, 2.05) is 34.6 Å². The Balaban J connectivity index is 3.67. The predicted molar refractivity (Wildman–Crippen MR) is 70.4 cm³/mol. The summed E-state index contributed by atoms with van der Waals surface area (Å²) in [6, 6.07) is 0. The summed E-state index contributed by atoms with van der Waals surface area (Å²) in [5, 5.41) is 3.12. The molecule has 0 spiro atoms.